The molecule has 0 bridgehead atoms. The Morgan fingerprint density at radius 1 is 1.00 bits per heavy atom. The van der Waals surface area contributed by atoms with E-state index in [1.54, 1.807) is 12.2 Å². The molecule has 0 saturated heterocycles. The van der Waals surface area contributed by atoms with Crippen LogP contribution >= 0.6 is 8.19 Å². The SMILES string of the molecule is C\C=C(/C=c1\c(=C\CC)c(-c2ccc(C(C)=O)cc2)cn1Cc1ccccc1)c1c(C)[pH]c(CC)c1C. The fourth-order valence-corrected chi connectivity index (χ4v) is 6.64. The van der Waals surface area contributed by atoms with Crippen LogP contribution in [0.5, 0.6) is 0 Å². The molecule has 4 aromatic rings. The lowest BCUT2D eigenvalue weighted by atomic mass is 9.99. The van der Waals surface area contributed by atoms with Crippen LogP contribution in [-0.4, -0.2) is 10.4 Å². The molecule has 2 aromatic carbocycles. The van der Waals surface area contributed by atoms with Gasteiger partial charge in [-0.25, -0.2) is 0 Å². The number of hydrogen-bond donors (Lipinski definition) is 0. The highest BCUT2D eigenvalue weighted by Crippen LogP contribution is 2.37. The van der Waals surface area contributed by atoms with Gasteiger partial charge in [-0.3, -0.25) is 4.79 Å². The van der Waals surface area contributed by atoms with Gasteiger partial charge in [0.25, 0.3) is 0 Å². The van der Waals surface area contributed by atoms with Gasteiger partial charge in [-0.1, -0.05) is 80.6 Å². The van der Waals surface area contributed by atoms with Gasteiger partial charge >= 0.3 is 0 Å². The van der Waals surface area contributed by atoms with Crippen LogP contribution in [0.25, 0.3) is 28.9 Å². The van der Waals surface area contributed by atoms with E-state index in [1.165, 1.54) is 43.7 Å². The van der Waals surface area contributed by atoms with Crippen LogP contribution < -0.4 is 10.6 Å². The third kappa shape index (κ3) is 5.65. The van der Waals surface area contributed by atoms with Gasteiger partial charge in [-0.15, -0.1) is 8.19 Å². The lowest BCUT2D eigenvalue weighted by Gasteiger charge is -2.08. The lowest BCUT2D eigenvalue weighted by molar-refractivity contribution is 0.101. The second-order valence-electron chi connectivity index (χ2n) is 9.67. The molecule has 0 fully saturated rings. The van der Waals surface area contributed by atoms with Crippen molar-refractivity contribution in [1.29, 1.82) is 0 Å². The van der Waals surface area contributed by atoms with E-state index in [9.17, 15) is 4.79 Å². The summed E-state index contributed by atoms with van der Waals surface area (Å²) in [6.45, 7) is 13.6. The summed E-state index contributed by atoms with van der Waals surface area (Å²) in [6.07, 6.45) is 11.3. The molecule has 190 valence electrons. The number of nitrogens with zero attached hydrogens (tertiary/aromatic N) is 1. The molecule has 0 radical (unpaired) electrons. The van der Waals surface area contributed by atoms with E-state index in [0.29, 0.717) is 0 Å². The fourth-order valence-electron chi connectivity index (χ4n) is 5.24. The van der Waals surface area contributed by atoms with E-state index in [2.05, 4.69) is 106 Å². The minimum absolute atomic E-state index is 0.0936. The molecule has 1 atom stereocenters. The summed E-state index contributed by atoms with van der Waals surface area (Å²) in [4.78, 5) is 11.9. The first-order valence-corrected chi connectivity index (χ1v) is 14.3. The minimum atomic E-state index is 0.0936. The van der Waals surface area contributed by atoms with E-state index < -0.39 is 0 Å². The minimum Gasteiger partial charge on any atom is -0.342 e. The van der Waals surface area contributed by atoms with Gasteiger partial charge in [-0.05, 0) is 85.0 Å². The van der Waals surface area contributed by atoms with Gasteiger partial charge in [0.15, 0.2) is 5.78 Å². The molecular weight excluding hydrogens is 469 g/mol. The Morgan fingerprint density at radius 3 is 2.27 bits per heavy atom. The molecule has 0 amide bonds. The van der Waals surface area contributed by atoms with Gasteiger partial charge in [-0.2, -0.15) is 0 Å². The maximum Gasteiger partial charge on any atom is 0.159 e. The van der Waals surface area contributed by atoms with Crippen molar-refractivity contribution < 1.29 is 4.79 Å². The normalized spacial score (nSPS) is 13.2. The Kier molecular flexibility index (Phi) is 8.52. The molecule has 4 rings (SSSR count). The standard InChI is InChI=1S/C34H38NOP/c1-7-13-30-31(29-18-16-28(17-19-29)24(5)36)22-35(21-26-14-11-10-12-15-26)32(30)20-27(8-2)34-23(4)33(9-3)37-25(34)6/h8,10-20,22,37H,7,9,21H2,1-6H3/b27-8+,30-13+,32-20+. The first-order valence-electron chi connectivity index (χ1n) is 13.3. The first kappa shape index (κ1) is 26.7. The Balaban J connectivity index is 1.98. The summed E-state index contributed by atoms with van der Waals surface area (Å²) in [5.41, 5.74) is 8.52. The second kappa shape index (κ2) is 11.8. The average molecular weight is 508 g/mol. The first-order chi connectivity index (χ1) is 17.9. The summed E-state index contributed by atoms with van der Waals surface area (Å²) in [5, 5.41) is 5.54. The highest BCUT2D eigenvalue weighted by molar-refractivity contribution is 7.32. The van der Waals surface area contributed by atoms with Gasteiger partial charge in [0.2, 0.25) is 0 Å². The summed E-state index contributed by atoms with van der Waals surface area (Å²) in [7, 11) is 0.799. The number of Topliss-reactive ketones (excluding diaryl/α,β-unsaturated/α-hetero) is 1. The molecule has 0 spiro atoms. The van der Waals surface area contributed by atoms with Crippen molar-refractivity contribution in [3.63, 3.8) is 0 Å². The number of carbonyl (C=O) groups excluding carboxylic acids is 1. The van der Waals surface area contributed by atoms with Crippen molar-refractivity contribution in [3.8, 4) is 11.1 Å². The topological polar surface area (TPSA) is 22.0 Å². The summed E-state index contributed by atoms with van der Waals surface area (Å²) in [5.74, 6) is 0.0936. The van der Waals surface area contributed by atoms with Crippen LogP contribution in [-0.2, 0) is 13.0 Å². The average Bonchev–Trinajstić information content (AvgIpc) is 3.38. The molecular formula is C34H38NOP. The quantitative estimate of drug-likeness (QED) is 0.224. The zero-order chi connectivity index (χ0) is 26.5. The monoisotopic (exact) mass is 507 g/mol. The highest BCUT2D eigenvalue weighted by atomic mass is 31.0. The van der Waals surface area contributed by atoms with Crippen molar-refractivity contribution in [1.82, 2.24) is 4.57 Å². The third-order valence-electron chi connectivity index (χ3n) is 7.15. The Morgan fingerprint density at radius 2 is 1.70 bits per heavy atom. The third-order valence-corrected chi connectivity index (χ3v) is 8.81. The van der Waals surface area contributed by atoms with Gasteiger partial charge in [0.05, 0.1) is 0 Å². The number of hydrogen-bond acceptors (Lipinski definition) is 1. The number of aromatic nitrogens is 1. The Hall–Kier alpha value is -3.35. The number of ketones is 1. The smallest absolute Gasteiger partial charge is 0.159 e. The number of carbonyl (C=O) groups is 1. The Bertz CT molecular complexity index is 1550. The van der Waals surface area contributed by atoms with Crippen LogP contribution in [0.1, 0.15) is 71.8 Å². The molecule has 0 N–H and O–H groups in total. The number of benzene rings is 2. The van der Waals surface area contributed by atoms with Crippen molar-refractivity contribution in [3.05, 3.63) is 110 Å². The van der Waals surface area contributed by atoms with Crippen LogP contribution in [0, 0.1) is 13.8 Å². The van der Waals surface area contributed by atoms with E-state index in [0.717, 1.165) is 38.7 Å². The number of rotatable bonds is 8. The summed E-state index contributed by atoms with van der Waals surface area (Å²) in [6, 6.07) is 18.7. The van der Waals surface area contributed by atoms with Crippen LogP contribution in [0.2, 0.25) is 0 Å². The van der Waals surface area contributed by atoms with Gasteiger partial charge in [0.1, 0.15) is 0 Å². The van der Waals surface area contributed by atoms with E-state index in [4.69, 9.17) is 0 Å². The molecule has 2 heterocycles. The van der Waals surface area contributed by atoms with Crippen LogP contribution in [0.4, 0.5) is 0 Å². The van der Waals surface area contributed by atoms with Gasteiger partial charge < -0.3 is 4.57 Å². The molecule has 3 heteroatoms. The molecule has 0 saturated carbocycles. The molecule has 2 aromatic heterocycles. The van der Waals surface area contributed by atoms with Crippen LogP contribution in [0.3, 0.4) is 0 Å². The van der Waals surface area contributed by atoms with E-state index >= 15 is 0 Å². The molecule has 0 aliphatic rings. The predicted molar refractivity (Wildman–Crippen MR) is 162 cm³/mol. The second-order valence-corrected chi connectivity index (χ2v) is 11.3. The maximum absolute atomic E-state index is 11.9. The van der Waals surface area contributed by atoms with Crippen molar-refractivity contribution in [2.45, 2.75) is 60.9 Å². The molecule has 0 aliphatic heterocycles. The zero-order valence-electron chi connectivity index (χ0n) is 23.0. The molecule has 1 unspecified atom stereocenters. The summed E-state index contributed by atoms with van der Waals surface area (Å²) >= 11 is 0. The molecule has 2 nitrogen and oxygen atoms in total. The maximum atomic E-state index is 11.9. The molecule has 0 aliphatic carbocycles. The van der Waals surface area contributed by atoms with Gasteiger partial charge in [0, 0.05) is 34.4 Å². The van der Waals surface area contributed by atoms with Crippen molar-refractivity contribution >= 4 is 31.7 Å². The van der Waals surface area contributed by atoms with E-state index in [-0.39, 0.29) is 5.78 Å². The number of allylic oxidation sites excluding steroid dienone is 2. The Labute approximate surface area is 223 Å². The fraction of sp³-hybridized carbons (Fsp3) is 0.265. The largest absolute Gasteiger partial charge is 0.342 e. The number of aryl methyl sites for hydroxylation is 2. The van der Waals surface area contributed by atoms with Crippen LogP contribution in [0.15, 0.2) is 66.9 Å². The lowest BCUT2D eigenvalue weighted by Crippen LogP contribution is -2.30. The predicted octanol–water partition coefficient (Wildman–Crippen LogP) is 7.69. The van der Waals surface area contributed by atoms with Crippen molar-refractivity contribution in [2.24, 2.45) is 0 Å². The summed E-state index contributed by atoms with van der Waals surface area (Å²) < 4.78 is 2.39. The molecule has 37 heavy (non-hydrogen) atoms. The zero-order valence-corrected chi connectivity index (χ0v) is 24.0. The van der Waals surface area contributed by atoms with E-state index in [1.807, 2.05) is 12.1 Å². The highest BCUT2D eigenvalue weighted by Gasteiger charge is 2.14. The van der Waals surface area contributed by atoms with Crippen molar-refractivity contribution in [2.75, 3.05) is 0 Å².